The first-order valence-corrected chi connectivity index (χ1v) is 8.14. The largest absolute Gasteiger partial charge is 0.385 e. The van der Waals surface area contributed by atoms with E-state index >= 15 is 0 Å². The second-order valence-electron chi connectivity index (χ2n) is 6.77. The van der Waals surface area contributed by atoms with E-state index < -0.39 is 0 Å². The summed E-state index contributed by atoms with van der Waals surface area (Å²) in [6.07, 6.45) is 5.48. The van der Waals surface area contributed by atoms with Gasteiger partial charge in [0.05, 0.1) is 0 Å². The van der Waals surface area contributed by atoms with Gasteiger partial charge in [0, 0.05) is 37.6 Å². The van der Waals surface area contributed by atoms with E-state index in [1.165, 1.54) is 42.6 Å². The molecule has 1 aromatic rings. The van der Waals surface area contributed by atoms with Crippen LogP contribution >= 0.6 is 0 Å². The first-order valence-electron chi connectivity index (χ1n) is 8.14. The fraction of sp³-hybridized carbons (Fsp3) is 0.667. The van der Waals surface area contributed by atoms with E-state index in [9.17, 15) is 0 Å². The van der Waals surface area contributed by atoms with Crippen molar-refractivity contribution in [3.8, 4) is 0 Å². The van der Waals surface area contributed by atoms with Crippen LogP contribution in [0.25, 0.3) is 0 Å². The van der Waals surface area contributed by atoms with E-state index in [1.807, 2.05) is 0 Å². The molecule has 0 spiro atoms. The minimum absolute atomic E-state index is 0.784. The molecule has 0 aliphatic heterocycles. The van der Waals surface area contributed by atoms with E-state index in [2.05, 4.69) is 45.1 Å². The van der Waals surface area contributed by atoms with Crippen LogP contribution in [0.2, 0.25) is 0 Å². The second kappa shape index (κ2) is 4.98. The molecule has 3 rings (SSSR count). The summed E-state index contributed by atoms with van der Waals surface area (Å²) < 4.78 is 0. The van der Waals surface area contributed by atoms with Gasteiger partial charge in [0.2, 0.25) is 0 Å². The van der Waals surface area contributed by atoms with Crippen molar-refractivity contribution in [2.45, 2.75) is 58.3 Å². The number of hydrogen-bond acceptors (Lipinski definition) is 2. The zero-order chi connectivity index (χ0) is 14.4. The molecular formula is C18H28N2. The van der Waals surface area contributed by atoms with Crippen LogP contribution in [0.3, 0.4) is 0 Å². The van der Waals surface area contributed by atoms with Gasteiger partial charge in [-0.25, -0.2) is 0 Å². The van der Waals surface area contributed by atoms with Crippen LogP contribution in [0.4, 0.5) is 11.4 Å². The molecule has 2 saturated carbocycles. The van der Waals surface area contributed by atoms with Crippen molar-refractivity contribution < 1.29 is 0 Å². The second-order valence-corrected chi connectivity index (χ2v) is 6.77. The summed E-state index contributed by atoms with van der Waals surface area (Å²) in [5.41, 5.74) is 9.24. The minimum Gasteiger partial charge on any atom is -0.385 e. The van der Waals surface area contributed by atoms with Crippen molar-refractivity contribution in [3.63, 3.8) is 0 Å². The molecule has 2 nitrogen and oxygen atoms in total. The third-order valence-corrected chi connectivity index (χ3v) is 4.83. The molecule has 2 heteroatoms. The van der Waals surface area contributed by atoms with Crippen molar-refractivity contribution in [1.29, 1.82) is 0 Å². The number of benzene rings is 1. The molecule has 0 atom stereocenters. The van der Waals surface area contributed by atoms with Crippen molar-refractivity contribution in [3.05, 3.63) is 22.3 Å². The van der Waals surface area contributed by atoms with Gasteiger partial charge < -0.3 is 10.2 Å². The Morgan fingerprint density at radius 1 is 0.950 bits per heavy atom. The fourth-order valence-corrected chi connectivity index (χ4v) is 3.80. The summed E-state index contributed by atoms with van der Waals surface area (Å²) in [4.78, 5) is 2.34. The molecule has 0 saturated heterocycles. The molecule has 0 aromatic heterocycles. The Morgan fingerprint density at radius 3 is 1.95 bits per heavy atom. The summed E-state index contributed by atoms with van der Waals surface area (Å²) >= 11 is 0. The first kappa shape index (κ1) is 13.8. The SMILES string of the molecule is CCNc1c(C)c(C2CC2)c(C)c(N(C)C)c1C1CC1. The quantitative estimate of drug-likeness (QED) is 0.845. The zero-order valence-electron chi connectivity index (χ0n) is 13.6. The molecule has 1 N–H and O–H groups in total. The first-order chi connectivity index (χ1) is 9.56. The molecule has 0 radical (unpaired) electrons. The smallest absolute Gasteiger partial charge is 0.0450 e. The number of nitrogens with zero attached hydrogens (tertiary/aromatic N) is 1. The van der Waals surface area contributed by atoms with Gasteiger partial charge in [-0.3, -0.25) is 0 Å². The van der Waals surface area contributed by atoms with Gasteiger partial charge in [0.25, 0.3) is 0 Å². The Morgan fingerprint density at radius 2 is 1.50 bits per heavy atom. The lowest BCUT2D eigenvalue weighted by atomic mass is 9.89. The zero-order valence-corrected chi connectivity index (χ0v) is 13.6. The topological polar surface area (TPSA) is 15.3 Å². The average molecular weight is 272 g/mol. The lowest BCUT2D eigenvalue weighted by Gasteiger charge is -2.28. The monoisotopic (exact) mass is 272 g/mol. The summed E-state index contributed by atoms with van der Waals surface area (Å²) in [6, 6.07) is 0. The van der Waals surface area contributed by atoms with Crippen LogP contribution in [-0.4, -0.2) is 20.6 Å². The van der Waals surface area contributed by atoms with Gasteiger partial charge in [0.1, 0.15) is 0 Å². The Balaban J connectivity index is 2.24. The highest BCUT2D eigenvalue weighted by Gasteiger charge is 2.35. The molecule has 0 unspecified atom stereocenters. The van der Waals surface area contributed by atoms with Gasteiger partial charge in [0.15, 0.2) is 0 Å². The van der Waals surface area contributed by atoms with Gasteiger partial charge in [-0.05, 0) is 75.0 Å². The van der Waals surface area contributed by atoms with E-state index in [4.69, 9.17) is 0 Å². The highest BCUT2D eigenvalue weighted by Crippen LogP contribution is 2.54. The van der Waals surface area contributed by atoms with Crippen LogP contribution in [0.5, 0.6) is 0 Å². The predicted octanol–water partition coefficient (Wildman–Crippen LogP) is 4.56. The molecule has 0 amide bonds. The van der Waals surface area contributed by atoms with E-state index in [0.717, 1.165) is 18.4 Å². The molecule has 0 heterocycles. The lowest BCUT2D eigenvalue weighted by molar-refractivity contribution is 0.987. The maximum atomic E-state index is 3.68. The van der Waals surface area contributed by atoms with Crippen molar-refractivity contribution in [2.75, 3.05) is 30.9 Å². The molecule has 2 aliphatic rings. The normalized spacial score (nSPS) is 18.2. The van der Waals surface area contributed by atoms with Gasteiger partial charge in [-0.15, -0.1) is 0 Å². The van der Waals surface area contributed by atoms with E-state index in [1.54, 1.807) is 16.7 Å². The summed E-state index contributed by atoms with van der Waals surface area (Å²) in [5.74, 6) is 1.60. The summed E-state index contributed by atoms with van der Waals surface area (Å²) in [7, 11) is 4.41. The highest BCUT2D eigenvalue weighted by atomic mass is 15.1. The van der Waals surface area contributed by atoms with Crippen LogP contribution < -0.4 is 10.2 Å². The molecular weight excluding hydrogens is 244 g/mol. The molecule has 2 fully saturated rings. The number of hydrogen-bond donors (Lipinski definition) is 1. The Hall–Kier alpha value is -1.18. The highest BCUT2D eigenvalue weighted by molar-refractivity contribution is 5.78. The number of rotatable bonds is 5. The Labute approximate surface area is 123 Å². The lowest BCUT2D eigenvalue weighted by Crippen LogP contribution is -2.17. The van der Waals surface area contributed by atoms with Crippen LogP contribution in [-0.2, 0) is 0 Å². The molecule has 1 aromatic carbocycles. The van der Waals surface area contributed by atoms with Crippen molar-refractivity contribution in [1.82, 2.24) is 0 Å². The summed E-state index contributed by atoms with van der Waals surface area (Å²) in [5, 5.41) is 3.68. The maximum Gasteiger partial charge on any atom is 0.0450 e. The number of anilines is 2. The Bertz CT molecular complexity index is 523. The van der Waals surface area contributed by atoms with Crippen LogP contribution in [0, 0.1) is 13.8 Å². The van der Waals surface area contributed by atoms with Gasteiger partial charge in [-0.1, -0.05) is 0 Å². The van der Waals surface area contributed by atoms with E-state index in [-0.39, 0.29) is 0 Å². The average Bonchev–Trinajstić information content (AvgIpc) is 3.25. The van der Waals surface area contributed by atoms with Crippen molar-refractivity contribution >= 4 is 11.4 Å². The van der Waals surface area contributed by atoms with Gasteiger partial charge >= 0.3 is 0 Å². The molecule has 0 bridgehead atoms. The fourth-order valence-electron chi connectivity index (χ4n) is 3.80. The van der Waals surface area contributed by atoms with Crippen LogP contribution in [0.1, 0.15) is 66.7 Å². The minimum atomic E-state index is 0.784. The number of nitrogens with one attached hydrogen (secondary N) is 1. The molecule has 2 aliphatic carbocycles. The van der Waals surface area contributed by atoms with Gasteiger partial charge in [-0.2, -0.15) is 0 Å². The third-order valence-electron chi connectivity index (χ3n) is 4.83. The molecule has 20 heavy (non-hydrogen) atoms. The van der Waals surface area contributed by atoms with Crippen molar-refractivity contribution in [2.24, 2.45) is 0 Å². The summed E-state index contributed by atoms with van der Waals surface area (Å²) in [6.45, 7) is 7.91. The predicted molar refractivity (Wildman–Crippen MR) is 88.4 cm³/mol. The Kier molecular flexibility index (Phi) is 3.43. The maximum absolute atomic E-state index is 3.68. The standard InChI is InChI=1S/C18H28N2/c1-6-19-17-11(2)15(13-7-8-13)12(3)18(20(4)5)16(17)14-9-10-14/h13-14,19H,6-10H2,1-5H3. The molecule has 110 valence electrons. The third kappa shape index (κ3) is 2.19. The van der Waals surface area contributed by atoms with Crippen LogP contribution in [0.15, 0.2) is 0 Å². The van der Waals surface area contributed by atoms with E-state index in [0.29, 0.717) is 0 Å².